The van der Waals surface area contributed by atoms with E-state index in [1.54, 1.807) is 13.2 Å². The van der Waals surface area contributed by atoms with Crippen LogP contribution in [0, 0.1) is 13.8 Å². The van der Waals surface area contributed by atoms with Gasteiger partial charge in [-0.15, -0.1) is 0 Å². The number of ether oxygens (including phenoxy) is 1. The van der Waals surface area contributed by atoms with Gasteiger partial charge < -0.3 is 4.74 Å². The van der Waals surface area contributed by atoms with E-state index in [4.69, 9.17) is 4.74 Å². The van der Waals surface area contributed by atoms with E-state index in [1.807, 2.05) is 44.2 Å². The van der Waals surface area contributed by atoms with Gasteiger partial charge in [0.1, 0.15) is 5.75 Å². The van der Waals surface area contributed by atoms with Crippen LogP contribution in [-0.4, -0.2) is 12.9 Å². The molecule has 0 aliphatic rings. The first-order valence-corrected chi connectivity index (χ1v) is 6.77. The normalized spacial score (nSPS) is 10.3. The van der Waals surface area contributed by atoms with Gasteiger partial charge in [0.25, 0.3) is 0 Å². The van der Waals surface area contributed by atoms with E-state index in [9.17, 15) is 4.79 Å². The lowest BCUT2D eigenvalue weighted by molar-refractivity contribution is 0.103. The van der Waals surface area contributed by atoms with Crippen LogP contribution < -0.4 is 4.74 Å². The van der Waals surface area contributed by atoms with Crippen molar-refractivity contribution in [2.45, 2.75) is 13.8 Å². The molecule has 0 unspecified atom stereocenters. The van der Waals surface area contributed by atoms with Crippen LogP contribution in [0.15, 0.2) is 40.9 Å². The Bertz CT molecular complexity index is 633. The summed E-state index contributed by atoms with van der Waals surface area (Å²) in [6, 6.07) is 11.2. The molecule has 0 bridgehead atoms. The molecular formula is C16H15BrO2. The molecule has 2 aromatic carbocycles. The van der Waals surface area contributed by atoms with Gasteiger partial charge in [-0.05, 0) is 61.4 Å². The Balaban J connectivity index is 2.41. The predicted molar refractivity (Wildman–Crippen MR) is 80.0 cm³/mol. The fraction of sp³-hybridized carbons (Fsp3) is 0.188. The number of hydrogen-bond acceptors (Lipinski definition) is 2. The van der Waals surface area contributed by atoms with Gasteiger partial charge in [0, 0.05) is 15.6 Å². The van der Waals surface area contributed by atoms with E-state index in [-0.39, 0.29) is 5.78 Å². The highest BCUT2D eigenvalue weighted by molar-refractivity contribution is 9.10. The summed E-state index contributed by atoms with van der Waals surface area (Å²) in [6.07, 6.45) is 0. The number of halogens is 1. The molecule has 3 heteroatoms. The summed E-state index contributed by atoms with van der Waals surface area (Å²) in [5, 5.41) is 0. The van der Waals surface area contributed by atoms with Gasteiger partial charge in [0.15, 0.2) is 5.78 Å². The van der Waals surface area contributed by atoms with Crippen LogP contribution in [0.2, 0.25) is 0 Å². The third-order valence-electron chi connectivity index (χ3n) is 3.09. The highest BCUT2D eigenvalue weighted by atomic mass is 79.9. The third-order valence-corrected chi connectivity index (χ3v) is 3.58. The average molecular weight is 319 g/mol. The van der Waals surface area contributed by atoms with Gasteiger partial charge in [-0.1, -0.05) is 15.9 Å². The summed E-state index contributed by atoms with van der Waals surface area (Å²) in [7, 11) is 1.63. The largest absolute Gasteiger partial charge is 0.496 e. The monoisotopic (exact) mass is 318 g/mol. The molecule has 0 N–H and O–H groups in total. The second-order valence-electron chi connectivity index (χ2n) is 4.47. The molecule has 0 aromatic heterocycles. The van der Waals surface area contributed by atoms with Crippen molar-refractivity contribution in [3.63, 3.8) is 0 Å². The zero-order chi connectivity index (χ0) is 14.0. The van der Waals surface area contributed by atoms with Gasteiger partial charge >= 0.3 is 0 Å². The van der Waals surface area contributed by atoms with Crippen LogP contribution in [0.4, 0.5) is 0 Å². The predicted octanol–water partition coefficient (Wildman–Crippen LogP) is 4.31. The number of carbonyl (C=O) groups is 1. The second-order valence-corrected chi connectivity index (χ2v) is 5.39. The molecule has 98 valence electrons. The van der Waals surface area contributed by atoms with Crippen molar-refractivity contribution < 1.29 is 9.53 Å². The van der Waals surface area contributed by atoms with Crippen LogP contribution in [0.3, 0.4) is 0 Å². The molecule has 19 heavy (non-hydrogen) atoms. The van der Waals surface area contributed by atoms with Crippen LogP contribution in [0.25, 0.3) is 0 Å². The maximum atomic E-state index is 12.5. The fourth-order valence-corrected chi connectivity index (χ4v) is 2.53. The Morgan fingerprint density at radius 2 is 1.79 bits per heavy atom. The number of hydrogen-bond donors (Lipinski definition) is 0. The molecule has 0 fully saturated rings. The van der Waals surface area contributed by atoms with Crippen molar-refractivity contribution in [3.05, 3.63) is 63.1 Å². The molecule has 2 nitrogen and oxygen atoms in total. The molecule has 0 spiro atoms. The highest BCUT2D eigenvalue weighted by Gasteiger charge is 2.13. The molecule has 0 radical (unpaired) electrons. The van der Waals surface area contributed by atoms with Crippen molar-refractivity contribution in [1.82, 2.24) is 0 Å². The number of rotatable bonds is 3. The van der Waals surface area contributed by atoms with Crippen molar-refractivity contribution >= 4 is 21.7 Å². The van der Waals surface area contributed by atoms with E-state index in [0.29, 0.717) is 5.56 Å². The summed E-state index contributed by atoms with van der Waals surface area (Å²) in [4.78, 5) is 12.5. The van der Waals surface area contributed by atoms with Gasteiger partial charge in [0.2, 0.25) is 0 Å². The van der Waals surface area contributed by atoms with Crippen LogP contribution in [0.1, 0.15) is 27.0 Å². The lowest BCUT2D eigenvalue weighted by Gasteiger charge is -2.09. The smallest absolute Gasteiger partial charge is 0.193 e. The Kier molecular flexibility index (Phi) is 4.05. The fourth-order valence-electron chi connectivity index (χ4n) is 2.06. The third kappa shape index (κ3) is 2.87. The summed E-state index contributed by atoms with van der Waals surface area (Å²) in [5.41, 5.74) is 3.34. The number of methoxy groups -OCH3 is 1. The van der Waals surface area contributed by atoms with Crippen molar-refractivity contribution in [1.29, 1.82) is 0 Å². The number of ketones is 1. The van der Waals surface area contributed by atoms with Gasteiger partial charge in [-0.2, -0.15) is 0 Å². The summed E-state index contributed by atoms with van der Waals surface area (Å²) in [5.74, 6) is 0.833. The van der Waals surface area contributed by atoms with E-state index in [2.05, 4.69) is 15.9 Å². The topological polar surface area (TPSA) is 26.3 Å². The van der Waals surface area contributed by atoms with E-state index in [0.717, 1.165) is 26.9 Å². The van der Waals surface area contributed by atoms with Gasteiger partial charge in [0.05, 0.1) is 7.11 Å². The molecule has 0 heterocycles. The maximum Gasteiger partial charge on any atom is 0.193 e. The molecule has 0 aliphatic heterocycles. The summed E-state index contributed by atoms with van der Waals surface area (Å²) < 4.78 is 6.19. The Morgan fingerprint density at radius 1 is 1.05 bits per heavy atom. The lowest BCUT2D eigenvalue weighted by atomic mass is 9.98. The molecule has 0 atom stereocenters. The van der Waals surface area contributed by atoms with Crippen LogP contribution >= 0.6 is 15.9 Å². The summed E-state index contributed by atoms with van der Waals surface area (Å²) in [6.45, 7) is 3.87. The Labute approximate surface area is 121 Å². The first-order chi connectivity index (χ1) is 9.02. The minimum Gasteiger partial charge on any atom is -0.496 e. The number of carbonyl (C=O) groups excluding carboxylic acids is 1. The van der Waals surface area contributed by atoms with Crippen molar-refractivity contribution in [2.75, 3.05) is 7.11 Å². The van der Waals surface area contributed by atoms with E-state index >= 15 is 0 Å². The molecule has 0 amide bonds. The van der Waals surface area contributed by atoms with Crippen LogP contribution in [-0.2, 0) is 0 Å². The van der Waals surface area contributed by atoms with Gasteiger partial charge in [-0.25, -0.2) is 0 Å². The number of benzene rings is 2. The highest BCUT2D eigenvalue weighted by Crippen LogP contribution is 2.23. The quantitative estimate of drug-likeness (QED) is 0.788. The van der Waals surface area contributed by atoms with E-state index in [1.165, 1.54) is 0 Å². The minimum atomic E-state index is 0.0377. The second kappa shape index (κ2) is 5.57. The Morgan fingerprint density at radius 3 is 2.37 bits per heavy atom. The lowest BCUT2D eigenvalue weighted by Crippen LogP contribution is -2.04. The molecule has 0 saturated carbocycles. The molecule has 2 aromatic rings. The molecule has 0 aliphatic carbocycles. The van der Waals surface area contributed by atoms with Crippen LogP contribution in [0.5, 0.6) is 5.75 Å². The van der Waals surface area contributed by atoms with E-state index < -0.39 is 0 Å². The zero-order valence-electron chi connectivity index (χ0n) is 11.2. The maximum absolute atomic E-state index is 12.5. The molecular weight excluding hydrogens is 304 g/mol. The minimum absolute atomic E-state index is 0.0377. The standard InChI is InChI=1S/C16H15BrO2/c1-10-9-13(17)5-6-14(10)16(18)12-4-7-15(19-3)11(2)8-12/h4-9H,1-3H3. The van der Waals surface area contributed by atoms with Gasteiger partial charge in [-0.3, -0.25) is 4.79 Å². The van der Waals surface area contributed by atoms with Crippen molar-refractivity contribution in [2.24, 2.45) is 0 Å². The Hall–Kier alpha value is -1.61. The molecule has 0 saturated heterocycles. The average Bonchev–Trinajstić information content (AvgIpc) is 2.38. The first-order valence-electron chi connectivity index (χ1n) is 5.98. The SMILES string of the molecule is COc1ccc(C(=O)c2ccc(Br)cc2C)cc1C. The van der Waals surface area contributed by atoms with Crippen molar-refractivity contribution in [3.8, 4) is 5.75 Å². The summed E-state index contributed by atoms with van der Waals surface area (Å²) >= 11 is 3.40. The zero-order valence-corrected chi connectivity index (χ0v) is 12.7. The molecule has 2 rings (SSSR count). The number of aryl methyl sites for hydroxylation is 2. The first kappa shape index (κ1) is 13.8.